The van der Waals surface area contributed by atoms with E-state index in [1.807, 2.05) is 4.90 Å². The molecule has 1 aliphatic heterocycles. The Hall–Kier alpha value is -1.45. The molecule has 1 N–H and O–H groups in total. The molecule has 2 rings (SSSR count). The van der Waals surface area contributed by atoms with Crippen LogP contribution >= 0.6 is 0 Å². The highest BCUT2D eigenvalue weighted by molar-refractivity contribution is 5.95. The third kappa shape index (κ3) is 1.73. The predicted molar refractivity (Wildman–Crippen MR) is 53.1 cm³/mol. The van der Waals surface area contributed by atoms with Gasteiger partial charge in [-0.1, -0.05) is 0 Å². The van der Waals surface area contributed by atoms with Crippen molar-refractivity contribution in [3.05, 3.63) is 24.3 Å². The zero-order chi connectivity index (χ0) is 9.97. The number of pyridine rings is 1. The van der Waals surface area contributed by atoms with Crippen LogP contribution in [0.2, 0.25) is 0 Å². The van der Waals surface area contributed by atoms with Gasteiger partial charge in [-0.05, 0) is 12.8 Å². The molecule has 74 valence electrons. The van der Waals surface area contributed by atoms with Gasteiger partial charge in [0, 0.05) is 19.0 Å². The molecule has 1 aromatic heterocycles. The van der Waals surface area contributed by atoms with Crippen LogP contribution in [0.15, 0.2) is 18.5 Å². The summed E-state index contributed by atoms with van der Waals surface area (Å²) in [5.41, 5.74) is 0.690. The Bertz CT molecular complexity index is 351. The molecule has 0 aliphatic carbocycles. The number of piperidine rings is 1. The van der Waals surface area contributed by atoms with E-state index < -0.39 is 0 Å². The lowest BCUT2D eigenvalue weighted by atomic mass is 10.1. The first kappa shape index (κ1) is 9.12. The van der Waals surface area contributed by atoms with Crippen molar-refractivity contribution < 1.29 is 4.39 Å². The standard InChI is InChI=1S/C10H12FN3/c11-8-5-9(7-13-6-8)14-4-2-1-3-10(14)12/h5-7,12H,1-4H2. The molecule has 1 aromatic rings. The highest BCUT2D eigenvalue weighted by Crippen LogP contribution is 2.20. The van der Waals surface area contributed by atoms with Crippen LogP contribution in [0.1, 0.15) is 19.3 Å². The van der Waals surface area contributed by atoms with Gasteiger partial charge in [0.15, 0.2) is 0 Å². The van der Waals surface area contributed by atoms with Crippen molar-refractivity contribution in [2.24, 2.45) is 0 Å². The molecule has 0 bridgehead atoms. The van der Waals surface area contributed by atoms with Crippen LogP contribution in [0.25, 0.3) is 0 Å². The van der Waals surface area contributed by atoms with Crippen molar-refractivity contribution in [1.82, 2.24) is 4.98 Å². The first-order valence-corrected chi connectivity index (χ1v) is 4.73. The van der Waals surface area contributed by atoms with Crippen LogP contribution in [0.3, 0.4) is 0 Å². The van der Waals surface area contributed by atoms with Crippen molar-refractivity contribution in [3.63, 3.8) is 0 Å². The fraction of sp³-hybridized carbons (Fsp3) is 0.400. The average Bonchev–Trinajstić information content (AvgIpc) is 2.18. The summed E-state index contributed by atoms with van der Waals surface area (Å²) >= 11 is 0. The van der Waals surface area contributed by atoms with Gasteiger partial charge in [-0.25, -0.2) is 4.39 Å². The van der Waals surface area contributed by atoms with E-state index in [1.165, 1.54) is 12.3 Å². The number of rotatable bonds is 1. The molecular weight excluding hydrogens is 181 g/mol. The van der Waals surface area contributed by atoms with Crippen LogP contribution in [-0.2, 0) is 0 Å². The summed E-state index contributed by atoms with van der Waals surface area (Å²) in [6.07, 6.45) is 5.66. The Morgan fingerprint density at radius 3 is 2.93 bits per heavy atom. The fourth-order valence-corrected chi connectivity index (χ4v) is 1.67. The highest BCUT2D eigenvalue weighted by atomic mass is 19.1. The second kappa shape index (κ2) is 3.74. The summed E-state index contributed by atoms with van der Waals surface area (Å²) < 4.78 is 12.9. The average molecular weight is 193 g/mol. The lowest BCUT2D eigenvalue weighted by Gasteiger charge is -2.28. The maximum Gasteiger partial charge on any atom is 0.143 e. The normalized spacial score (nSPS) is 17.2. The van der Waals surface area contributed by atoms with Gasteiger partial charge < -0.3 is 4.90 Å². The number of hydrogen-bond acceptors (Lipinski definition) is 2. The zero-order valence-corrected chi connectivity index (χ0v) is 7.83. The molecule has 0 unspecified atom stereocenters. The summed E-state index contributed by atoms with van der Waals surface area (Å²) in [5, 5.41) is 7.73. The molecule has 1 aliphatic rings. The number of nitrogens with zero attached hydrogens (tertiary/aromatic N) is 2. The Kier molecular flexibility index (Phi) is 2.43. The molecule has 0 aromatic carbocycles. The highest BCUT2D eigenvalue weighted by Gasteiger charge is 2.16. The van der Waals surface area contributed by atoms with Crippen LogP contribution < -0.4 is 4.90 Å². The van der Waals surface area contributed by atoms with E-state index in [0.717, 1.165) is 25.8 Å². The van der Waals surface area contributed by atoms with Gasteiger partial charge >= 0.3 is 0 Å². The summed E-state index contributed by atoms with van der Waals surface area (Å²) in [6, 6.07) is 1.42. The van der Waals surface area contributed by atoms with Gasteiger partial charge in [0.2, 0.25) is 0 Å². The molecule has 0 radical (unpaired) electrons. The second-order valence-electron chi connectivity index (χ2n) is 3.42. The summed E-state index contributed by atoms with van der Waals surface area (Å²) in [4.78, 5) is 5.60. The van der Waals surface area contributed by atoms with Crippen molar-refractivity contribution in [1.29, 1.82) is 5.41 Å². The minimum absolute atomic E-state index is 0.346. The van der Waals surface area contributed by atoms with E-state index in [0.29, 0.717) is 11.5 Å². The number of nitrogens with one attached hydrogen (secondary N) is 1. The fourth-order valence-electron chi connectivity index (χ4n) is 1.67. The minimum Gasteiger partial charge on any atom is -0.329 e. The predicted octanol–water partition coefficient (Wildman–Crippen LogP) is 2.19. The Morgan fingerprint density at radius 1 is 1.36 bits per heavy atom. The molecule has 0 saturated carbocycles. The maximum atomic E-state index is 12.9. The van der Waals surface area contributed by atoms with E-state index in [2.05, 4.69) is 4.98 Å². The molecule has 1 saturated heterocycles. The Balaban J connectivity index is 2.24. The van der Waals surface area contributed by atoms with E-state index in [-0.39, 0.29) is 5.82 Å². The van der Waals surface area contributed by atoms with Gasteiger partial charge in [0.05, 0.1) is 18.1 Å². The molecule has 0 atom stereocenters. The molecule has 3 nitrogen and oxygen atoms in total. The summed E-state index contributed by atoms with van der Waals surface area (Å²) in [5.74, 6) is 0.213. The molecule has 14 heavy (non-hydrogen) atoms. The van der Waals surface area contributed by atoms with Gasteiger partial charge in [0.25, 0.3) is 0 Å². The zero-order valence-electron chi connectivity index (χ0n) is 7.83. The maximum absolute atomic E-state index is 12.9. The summed E-state index contributed by atoms with van der Waals surface area (Å²) in [6.45, 7) is 0.796. The van der Waals surface area contributed by atoms with Crippen LogP contribution in [0.4, 0.5) is 10.1 Å². The molecule has 0 spiro atoms. The minimum atomic E-state index is -0.346. The van der Waals surface area contributed by atoms with Gasteiger partial charge in [0.1, 0.15) is 11.7 Å². The summed E-state index contributed by atoms with van der Waals surface area (Å²) in [7, 11) is 0. The lowest BCUT2D eigenvalue weighted by Crippen LogP contribution is -2.34. The molecular formula is C10H12FN3. The number of amidine groups is 1. The largest absolute Gasteiger partial charge is 0.329 e. The molecule has 4 heteroatoms. The number of halogens is 1. The number of aromatic nitrogens is 1. The smallest absolute Gasteiger partial charge is 0.143 e. The quantitative estimate of drug-likeness (QED) is 0.742. The van der Waals surface area contributed by atoms with Gasteiger partial charge in [-0.3, -0.25) is 10.4 Å². The first-order valence-electron chi connectivity index (χ1n) is 4.73. The first-order chi connectivity index (χ1) is 6.77. The molecule has 2 heterocycles. The van der Waals surface area contributed by atoms with E-state index in [1.54, 1.807) is 6.20 Å². The van der Waals surface area contributed by atoms with Crippen molar-refractivity contribution in [2.45, 2.75) is 19.3 Å². The molecule has 0 amide bonds. The topological polar surface area (TPSA) is 40.0 Å². The monoisotopic (exact) mass is 193 g/mol. The number of hydrogen-bond donors (Lipinski definition) is 1. The number of anilines is 1. The van der Waals surface area contributed by atoms with Crippen molar-refractivity contribution in [2.75, 3.05) is 11.4 Å². The molecule has 1 fully saturated rings. The van der Waals surface area contributed by atoms with Gasteiger partial charge in [-0.2, -0.15) is 0 Å². The van der Waals surface area contributed by atoms with Gasteiger partial charge in [-0.15, -0.1) is 0 Å². The van der Waals surface area contributed by atoms with Crippen molar-refractivity contribution >= 4 is 11.5 Å². The SMILES string of the molecule is N=C1CCCCN1c1cncc(F)c1. The Morgan fingerprint density at radius 2 is 2.21 bits per heavy atom. The third-order valence-corrected chi connectivity index (χ3v) is 2.37. The van der Waals surface area contributed by atoms with E-state index >= 15 is 0 Å². The van der Waals surface area contributed by atoms with E-state index in [4.69, 9.17) is 5.41 Å². The van der Waals surface area contributed by atoms with Crippen LogP contribution in [0.5, 0.6) is 0 Å². The third-order valence-electron chi connectivity index (χ3n) is 2.37. The Labute approximate surface area is 82.1 Å². The van der Waals surface area contributed by atoms with Crippen LogP contribution in [0, 0.1) is 11.2 Å². The van der Waals surface area contributed by atoms with E-state index in [9.17, 15) is 4.39 Å². The lowest BCUT2D eigenvalue weighted by molar-refractivity contribution is 0.619. The van der Waals surface area contributed by atoms with Crippen LogP contribution in [-0.4, -0.2) is 17.4 Å². The second-order valence-corrected chi connectivity index (χ2v) is 3.42. The van der Waals surface area contributed by atoms with Crippen molar-refractivity contribution in [3.8, 4) is 0 Å².